The molecule has 2 nitrogen and oxygen atoms in total. The van der Waals surface area contributed by atoms with Crippen LogP contribution < -0.4 is 5.32 Å². The van der Waals surface area contributed by atoms with Crippen LogP contribution in [0.3, 0.4) is 0 Å². The van der Waals surface area contributed by atoms with Gasteiger partial charge in [0.15, 0.2) is 0 Å². The highest BCUT2D eigenvalue weighted by Gasteiger charge is 2.27. The quantitative estimate of drug-likeness (QED) is 0.783. The van der Waals surface area contributed by atoms with Crippen LogP contribution in [0.5, 0.6) is 0 Å². The zero-order chi connectivity index (χ0) is 13.4. The maximum atomic E-state index is 4.13. The lowest BCUT2D eigenvalue weighted by molar-refractivity contribution is 0.620. The van der Waals surface area contributed by atoms with Gasteiger partial charge in [-0.2, -0.15) is 0 Å². The normalized spacial score (nSPS) is 13.2. The van der Waals surface area contributed by atoms with Crippen molar-refractivity contribution >= 4 is 11.3 Å². The van der Waals surface area contributed by atoms with E-state index in [1.165, 1.54) is 27.1 Å². The maximum Gasteiger partial charge on any atom is 0.0794 e. The van der Waals surface area contributed by atoms with E-state index in [-0.39, 0.29) is 6.04 Å². The average Bonchev–Trinajstić information content (AvgIpc) is 3.11. The fraction of sp³-hybridized carbons (Fsp3) is 0.118. The summed E-state index contributed by atoms with van der Waals surface area (Å²) in [7, 11) is 0. The van der Waals surface area contributed by atoms with Crippen molar-refractivity contribution in [3.05, 3.63) is 76.2 Å². The highest BCUT2D eigenvalue weighted by atomic mass is 32.1. The monoisotopic (exact) mass is 278 g/mol. The summed E-state index contributed by atoms with van der Waals surface area (Å²) < 4.78 is 0. The standard InChI is InChI=1S/C17H14N2S/c1-3-7-15-13(5-1)14-6-2-4-8-16(14)17(15)19-10-12-9-18-11-20-12/h1-9,11,17,19H,10H2. The summed E-state index contributed by atoms with van der Waals surface area (Å²) in [6.07, 6.45) is 1.93. The van der Waals surface area contributed by atoms with Gasteiger partial charge in [-0.3, -0.25) is 4.98 Å². The first kappa shape index (κ1) is 11.8. The van der Waals surface area contributed by atoms with Crippen LogP contribution in [-0.2, 0) is 6.54 Å². The van der Waals surface area contributed by atoms with E-state index in [0.717, 1.165) is 6.54 Å². The molecule has 1 aliphatic carbocycles. The smallest absolute Gasteiger partial charge is 0.0794 e. The Hall–Kier alpha value is -1.97. The molecule has 3 heteroatoms. The molecule has 1 heterocycles. The molecule has 1 aliphatic rings. The predicted molar refractivity (Wildman–Crippen MR) is 82.7 cm³/mol. The second kappa shape index (κ2) is 4.85. The summed E-state index contributed by atoms with van der Waals surface area (Å²) in [6, 6.07) is 17.6. The van der Waals surface area contributed by atoms with Gasteiger partial charge in [0.1, 0.15) is 0 Å². The van der Waals surface area contributed by atoms with Gasteiger partial charge in [-0.05, 0) is 22.3 Å². The fourth-order valence-corrected chi connectivity index (χ4v) is 3.45. The van der Waals surface area contributed by atoms with E-state index in [4.69, 9.17) is 0 Å². The molecule has 0 unspecified atom stereocenters. The summed E-state index contributed by atoms with van der Waals surface area (Å²) in [4.78, 5) is 5.40. The lowest BCUT2D eigenvalue weighted by atomic mass is 10.1. The van der Waals surface area contributed by atoms with Crippen molar-refractivity contribution in [1.82, 2.24) is 10.3 Å². The maximum absolute atomic E-state index is 4.13. The Morgan fingerprint density at radius 3 is 2.20 bits per heavy atom. The number of fused-ring (bicyclic) bond motifs is 3. The van der Waals surface area contributed by atoms with E-state index in [1.807, 2.05) is 11.7 Å². The van der Waals surface area contributed by atoms with E-state index in [0.29, 0.717) is 0 Å². The van der Waals surface area contributed by atoms with Gasteiger partial charge in [0.2, 0.25) is 0 Å². The van der Waals surface area contributed by atoms with Crippen LogP contribution in [0.2, 0.25) is 0 Å². The molecule has 0 aliphatic heterocycles. The van der Waals surface area contributed by atoms with Crippen LogP contribution in [0, 0.1) is 0 Å². The van der Waals surface area contributed by atoms with Gasteiger partial charge in [0, 0.05) is 17.6 Å². The minimum absolute atomic E-state index is 0.282. The predicted octanol–water partition coefficient (Wildman–Crippen LogP) is 4.00. The highest BCUT2D eigenvalue weighted by molar-refractivity contribution is 7.09. The summed E-state index contributed by atoms with van der Waals surface area (Å²) in [5.41, 5.74) is 7.33. The molecule has 0 amide bonds. The van der Waals surface area contributed by atoms with Crippen LogP contribution in [0.1, 0.15) is 22.0 Å². The van der Waals surface area contributed by atoms with Gasteiger partial charge in [-0.25, -0.2) is 0 Å². The Bertz CT molecular complexity index is 689. The third-order valence-electron chi connectivity index (χ3n) is 3.80. The molecule has 1 aromatic heterocycles. The lowest BCUT2D eigenvalue weighted by Crippen LogP contribution is -2.19. The van der Waals surface area contributed by atoms with Crippen LogP contribution >= 0.6 is 11.3 Å². The van der Waals surface area contributed by atoms with Crippen LogP contribution in [0.4, 0.5) is 0 Å². The summed E-state index contributed by atoms with van der Waals surface area (Å²) in [5.74, 6) is 0. The van der Waals surface area contributed by atoms with Crippen molar-refractivity contribution in [1.29, 1.82) is 0 Å². The number of nitrogens with one attached hydrogen (secondary N) is 1. The Labute approximate surface area is 122 Å². The van der Waals surface area contributed by atoms with Gasteiger partial charge in [0.25, 0.3) is 0 Å². The minimum Gasteiger partial charge on any atom is -0.301 e. The highest BCUT2D eigenvalue weighted by Crippen LogP contribution is 2.43. The van der Waals surface area contributed by atoms with E-state index in [9.17, 15) is 0 Å². The largest absolute Gasteiger partial charge is 0.301 e. The molecule has 0 spiro atoms. The molecule has 0 fully saturated rings. The Morgan fingerprint density at radius 1 is 0.950 bits per heavy atom. The molecular weight excluding hydrogens is 264 g/mol. The number of benzene rings is 2. The molecule has 98 valence electrons. The van der Waals surface area contributed by atoms with Crippen LogP contribution in [-0.4, -0.2) is 4.98 Å². The summed E-state index contributed by atoms with van der Waals surface area (Å²) >= 11 is 1.70. The van der Waals surface area contributed by atoms with E-state index >= 15 is 0 Å². The molecule has 0 saturated carbocycles. The summed E-state index contributed by atoms with van der Waals surface area (Å²) in [6.45, 7) is 0.859. The first-order valence-electron chi connectivity index (χ1n) is 6.72. The number of nitrogens with zero attached hydrogens (tertiary/aromatic N) is 1. The third kappa shape index (κ3) is 1.87. The van der Waals surface area contributed by atoms with Crippen molar-refractivity contribution in [2.24, 2.45) is 0 Å². The molecule has 3 aromatic rings. The molecule has 4 rings (SSSR count). The number of thiazole rings is 1. The Balaban J connectivity index is 1.72. The van der Waals surface area contributed by atoms with Crippen molar-refractivity contribution in [3.63, 3.8) is 0 Å². The molecular formula is C17H14N2S. The second-order valence-electron chi connectivity index (χ2n) is 4.96. The van der Waals surface area contributed by atoms with Gasteiger partial charge >= 0.3 is 0 Å². The van der Waals surface area contributed by atoms with Gasteiger partial charge in [-0.15, -0.1) is 11.3 Å². The average molecular weight is 278 g/mol. The Morgan fingerprint density at radius 2 is 1.60 bits per heavy atom. The number of hydrogen-bond acceptors (Lipinski definition) is 3. The molecule has 20 heavy (non-hydrogen) atoms. The lowest BCUT2D eigenvalue weighted by Gasteiger charge is -2.15. The fourth-order valence-electron chi connectivity index (χ4n) is 2.91. The zero-order valence-corrected chi connectivity index (χ0v) is 11.7. The van der Waals surface area contributed by atoms with Crippen molar-refractivity contribution in [3.8, 4) is 11.1 Å². The molecule has 0 radical (unpaired) electrons. The molecule has 0 bridgehead atoms. The number of rotatable bonds is 3. The Kier molecular flexibility index (Phi) is 2.87. The second-order valence-corrected chi connectivity index (χ2v) is 5.93. The third-order valence-corrected chi connectivity index (χ3v) is 4.58. The van der Waals surface area contributed by atoms with Crippen molar-refractivity contribution < 1.29 is 0 Å². The molecule has 0 saturated heterocycles. The summed E-state index contributed by atoms with van der Waals surface area (Å²) in [5, 5.41) is 3.67. The van der Waals surface area contributed by atoms with E-state index in [2.05, 4.69) is 58.8 Å². The van der Waals surface area contributed by atoms with Crippen LogP contribution in [0.25, 0.3) is 11.1 Å². The number of aromatic nitrogens is 1. The molecule has 2 aromatic carbocycles. The zero-order valence-electron chi connectivity index (χ0n) is 10.9. The first-order valence-corrected chi connectivity index (χ1v) is 7.60. The van der Waals surface area contributed by atoms with E-state index < -0.39 is 0 Å². The van der Waals surface area contributed by atoms with Crippen molar-refractivity contribution in [2.75, 3.05) is 0 Å². The van der Waals surface area contributed by atoms with Gasteiger partial charge in [-0.1, -0.05) is 48.5 Å². The van der Waals surface area contributed by atoms with Crippen molar-refractivity contribution in [2.45, 2.75) is 12.6 Å². The topological polar surface area (TPSA) is 24.9 Å². The number of hydrogen-bond donors (Lipinski definition) is 1. The first-order chi connectivity index (χ1) is 9.93. The van der Waals surface area contributed by atoms with E-state index in [1.54, 1.807) is 11.3 Å². The molecule has 0 atom stereocenters. The SMILES string of the molecule is c1ccc2c(c1)-c1ccccc1C2NCc1cncs1. The van der Waals surface area contributed by atoms with Crippen LogP contribution in [0.15, 0.2) is 60.2 Å². The molecule has 1 N–H and O–H groups in total. The van der Waals surface area contributed by atoms with Gasteiger partial charge < -0.3 is 5.32 Å². The minimum atomic E-state index is 0.282. The van der Waals surface area contributed by atoms with Gasteiger partial charge in [0.05, 0.1) is 11.6 Å².